The van der Waals surface area contributed by atoms with Crippen LogP contribution in [0.2, 0.25) is 0 Å². The number of hydrogen-bond donors (Lipinski definition) is 2. The molecule has 0 fully saturated rings. The zero-order chi connectivity index (χ0) is 19.5. The van der Waals surface area contributed by atoms with Crippen molar-refractivity contribution < 1.29 is 13.9 Å². The maximum Gasteiger partial charge on any atom is 0.269 e. The van der Waals surface area contributed by atoms with Gasteiger partial charge in [-0.2, -0.15) is 0 Å². The summed E-state index contributed by atoms with van der Waals surface area (Å²) in [5.41, 5.74) is 0.860. The van der Waals surface area contributed by atoms with E-state index >= 15 is 0 Å². The maximum atomic E-state index is 14.6. The molecule has 0 spiro atoms. The van der Waals surface area contributed by atoms with Gasteiger partial charge in [-0.05, 0) is 31.0 Å². The van der Waals surface area contributed by atoms with E-state index in [1.54, 1.807) is 24.4 Å². The third-order valence-electron chi connectivity index (χ3n) is 4.64. The van der Waals surface area contributed by atoms with Crippen LogP contribution in [0, 0.1) is 5.82 Å². The summed E-state index contributed by atoms with van der Waals surface area (Å²) >= 11 is 0. The molecule has 0 aliphatic carbocycles. The fraction of sp³-hybridized carbons (Fsp3) is 0.250. The molecule has 144 valence electrons. The van der Waals surface area contributed by atoms with E-state index in [9.17, 15) is 9.18 Å². The van der Waals surface area contributed by atoms with E-state index in [1.165, 1.54) is 25.4 Å². The summed E-state index contributed by atoms with van der Waals surface area (Å²) in [6.45, 7) is 0.957. The second kappa shape index (κ2) is 7.67. The van der Waals surface area contributed by atoms with Crippen molar-refractivity contribution in [2.45, 2.75) is 25.4 Å². The number of carbonyl (C=O) groups is 1. The van der Waals surface area contributed by atoms with Crippen molar-refractivity contribution in [3.05, 3.63) is 66.3 Å². The summed E-state index contributed by atoms with van der Waals surface area (Å²) in [5.74, 6) is 0.538. The normalized spacial score (nSPS) is 15.6. The van der Waals surface area contributed by atoms with Gasteiger partial charge in [0.25, 0.3) is 5.91 Å². The fourth-order valence-corrected chi connectivity index (χ4v) is 3.28. The van der Waals surface area contributed by atoms with E-state index in [-0.39, 0.29) is 23.4 Å². The Hall–Kier alpha value is -3.42. The lowest BCUT2D eigenvalue weighted by Crippen LogP contribution is -2.21. The van der Waals surface area contributed by atoms with Gasteiger partial charge in [0, 0.05) is 50.0 Å². The maximum absolute atomic E-state index is 14.6. The number of rotatable bonds is 5. The van der Waals surface area contributed by atoms with Crippen LogP contribution in [0.25, 0.3) is 0 Å². The van der Waals surface area contributed by atoms with Crippen molar-refractivity contribution in [2.75, 3.05) is 12.4 Å². The van der Waals surface area contributed by atoms with Gasteiger partial charge in [0.2, 0.25) is 0 Å². The highest BCUT2D eigenvalue weighted by atomic mass is 19.1. The molecule has 2 aromatic heterocycles. The first kappa shape index (κ1) is 18.0. The molecule has 3 heterocycles. The molecule has 8 heteroatoms. The highest BCUT2D eigenvalue weighted by molar-refractivity contribution is 5.92. The van der Waals surface area contributed by atoms with Crippen molar-refractivity contribution in [1.82, 2.24) is 19.9 Å². The Morgan fingerprint density at radius 3 is 2.96 bits per heavy atom. The molecule has 7 nitrogen and oxygen atoms in total. The van der Waals surface area contributed by atoms with E-state index in [4.69, 9.17) is 4.74 Å². The summed E-state index contributed by atoms with van der Waals surface area (Å²) in [7, 11) is 1.52. The largest absolute Gasteiger partial charge is 0.454 e. The number of aromatic nitrogens is 3. The number of imidazole rings is 1. The number of aryl methyl sites for hydroxylation is 1. The third kappa shape index (κ3) is 3.66. The van der Waals surface area contributed by atoms with Crippen LogP contribution >= 0.6 is 0 Å². The number of hydrogen-bond acceptors (Lipinski definition) is 5. The van der Waals surface area contributed by atoms with E-state index in [0.717, 1.165) is 25.2 Å². The molecule has 28 heavy (non-hydrogen) atoms. The number of benzene rings is 1. The molecule has 0 bridgehead atoms. The van der Waals surface area contributed by atoms with Crippen molar-refractivity contribution in [1.29, 1.82) is 0 Å². The molecular formula is C20H20FN5O2. The van der Waals surface area contributed by atoms with Crippen LogP contribution in [-0.2, 0) is 6.54 Å². The molecule has 1 amide bonds. The van der Waals surface area contributed by atoms with Gasteiger partial charge in [0.15, 0.2) is 11.6 Å². The summed E-state index contributed by atoms with van der Waals surface area (Å²) in [6, 6.07) is 7.81. The van der Waals surface area contributed by atoms with Crippen LogP contribution in [0.3, 0.4) is 0 Å². The minimum atomic E-state index is -0.498. The topological polar surface area (TPSA) is 81.1 Å². The zero-order valence-corrected chi connectivity index (χ0v) is 15.4. The first-order valence-electron chi connectivity index (χ1n) is 9.07. The zero-order valence-electron chi connectivity index (χ0n) is 15.4. The van der Waals surface area contributed by atoms with Gasteiger partial charge in [-0.25, -0.2) is 9.37 Å². The average Bonchev–Trinajstić information content (AvgIpc) is 3.19. The Morgan fingerprint density at radius 1 is 1.25 bits per heavy atom. The molecule has 0 saturated carbocycles. The number of nitrogens with one attached hydrogen (secondary N) is 2. The Kier molecular flexibility index (Phi) is 4.92. The van der Waals surface area contributed by atoms with Gasteiger partial charge in [-0.3, -0.25) is 9.78 Å². The first-order chi connectivity index (χ1) is 13.6. The number of carbonyl (C=O) groups excluding carboxylic acids is 1. The summed E-state index contributed by atoms with van der Waals surface area (Å²) in [6.07, 6.45) is 7.17. The number of ether oxygens (including phenoxy) is 1. The quantitative estimate of drug-likeness (QED) is 0.707. The van der Waals surface area contributed by atoms with E-state index in [2.05, 4.69) is 25.2 Å². The van der Waals surface area contributed by atoms with Crippen LogP contribution in [-0.4, -0.2) is 27.5 Å². The lowest BCUT2D eigenvalue weighted by molar-refractivity contribution is 0.0958. The highest BCUT2D eigenvalue weighted by Crippen LogP contribution is 2.31. The van der Waals surface area contributed by atoms with Crippen LogP contribution < -0.4 is 15.4 Å². The fourth-order valence-electron chi connectivity index (χ4n) is 3.28. The van der Waals surface area contributed by atoms with Gasteiger partial charge < -0.3 is 19.9 Å². The molecule has 1 aliphatic heterocycles. The van der Waals surface area contributed by atoms with Gasteiger partial charge >= 0.3 is 0 Å². The molecule has 0 saturated heterocycles. The summed E-state index contributed by atoms with van der Waals surface area (Å²) in [4.78, 5) is 20.0. The number of amides is 1. The number of nitrogens with zero attached hydrogens (tertiary/aromatic N) is 3. The van der Waals surface area contributed by atoms with E-state index in [1.807, 2.05) is 6.20 Å². The van der Waals surface area contributed by atoms with Gasteiger partial charge in [-0.1, -0.05) is 0 Å². The van der Waals surface area contributed by atoms with Crippen molar-refractivity contribution in [3.63, 3.8) is 0 Å². The molecule has 4 rings (SSSR count). The second-order valence-corrected chi connectivity index (χ2v) is 6.52. The number of pyridine rings is 1. The molecule has 0 radical (unpaired) electrons. The highest BCUT2D eigenvalue weighted by Gasteiger charge is 2.21. The molecule has 3 aromatic rings. The number of anilines is 1. The Bertz CT molecular complexity index is 1000. The number of fused-ring (bicyclic) bond motifs is 1. The lowest BCUT2D eigenvalue weighted by Gasteiger charge is -2.25. The lowest BCUT2D eigenvalue weighted by atomic mass is 10.1. The predicted octanol–water partition coefficient (Wildman–Crippen LogP) is 3.52. The van der Waals surface area contributed by atoms with Crippen LogP contribution in [0.4, 0.5) is 10.1 Å². The second-order valence-electron chi connectivity index (χ2n) is 6.52. The first-order valence-corrected chi connectivity index (χ1v) is 9.07. The minimum Gasteiger partial charge on any atom is -0.454 e. The standard InChI is InChI=1S/C20H20FN5O2/c1-22-20(27)17-12-14(6-7-23-17)28-18-5-4-13(11-15(18)21)25-16-3-2-9-26-10-8-24-19(16)26/h4-8,10-12,16,25H,2-3,9H2,1H3,(H,22,27). The molecule has 1 aromatic carbocycles. The van der Waals surface area contributed by atoms with Gasteiger partial charge in [0.1, 0.15) is 17.3 Å². The summed E-state index contributed by atoms with van der Waals surface area (Å²) in [5, 5.41) is 5.83. The Labute approximate surface area is 161 Å². The van der Waals surface area contributed by atoms with Crippen LogP contribution in [0.15, 0.2) is 48.9 Å². The molecule has 2 N–H and O–H groups in total. The molecule has 1 unspecified atom stereocenters. The molecule has 1 aliphatic rings. The van der Waals surface area contributed by atoms with Crippen LogP contribution in [0.1, 0.15) is 35.2 Å². The third-order valence-corrected chi connectivity index (χ3v) is 4.64. The van der Waals surface area contributed by atoms with E-state index in [0.29, 0.717) is 11.4 Å². The SMILES string of the molecule is CNC(=O)c1cc(Oc2ccc(NC3CCCn4ccnc43)cc2F)ccn1. The van der Waals surface area contributed by atoms with Crippen molar-refractivity contribution >= 4 is 11.6 Å². The van der Waals surface area contributed by atoms with E-state index < -0.39 is 5.82 Å². The summed E-state index contributed by atoms with van der Waals surface area (Å²) < 4.78 is 22.3. The van der Waals surface area contributed by atoms with Crippen molar-refractivity contribution in [2.24, 2.45) is 0 Å². The predicted molar refractivity (Wildman–Crippen MR) is 102 cm³/mol. The average molecular weight is 381 g/mol. The Balaban J connectivity index is 1.49. The van der Waals surface area contributed by atoms with Gasteiger partial charge in [0.05, 0.1) is 6.04 Å². The molecular weight excluding hydrogens is 361 g/mol. The Morgan fingerprint density at radius 2 is 2.14 bits per heavy atom. The monoisotopic (exact) mass is 381 g/mol. The number of halogens is 1. The van der Waals surface area contributed by atoms with Crippen LogP contribution in [0.5, 0.6) is 11.5 Å². The minimum absolute atomic E-state index is 0.0465. The molecule has 1 atom stereocenters. The van der Waals surface area contributed by atoms with Crippen molar-refractivity contribution in [3.8, 4) is 11.5 Å². The van der Waals surface area contributed by atoms with Gasteiger partial charge in [-0.15, -0.1) is 0 Å². The smallest absolute Gasteiger partial charge is 0.269 e.